The van der Waals surface area contributed by atoms with Crippen LogP contribution in [0.2, 0.25) is 0 Å². The predicted molar refractivity (Wildman–Crippen MR) is 81.6 cm³/mol. The van der Waals surface area contributed by atoms with Gasteiger partial charge in [-0.3, -0.25) is 14.9 Å². The van der Waals surface area contributed by atoms with Gasteiger partial charge in [0.25, 0.3) is 15.7 Å². The molecule has 2 aromatic rings. The minimum Gasteiger partial charge on any atom is -0.339 e. The molecule has 120 valence electrons. The smallest absolute Gasteiger partial charge is 0.271 e. The molecule has 2 N–H and O–H groups in total. The van der Waals surface area contributed by atoms with Gasteiger partial charge in [-0.2, -0.15) is 0 Å². The van der Waals surface area contributed by atoms with Gasteiger partial charge in [0.2, 0.25) is 5.91 Å². The first-order valence-electron chi connectivity index (χ1n) is 6.29. The summed E-state index contributed by atoms with van der Waals surface area (Å²) < 4.78 is 26.1. The average Bonchev–Trinajstić information content (AvgIpc) is 2.46. The Bertz CT molecular complexity index is 866. The summed E-state index contributed by atoms with van der Waals surface area (Å²) in [5.74, 6) is -0.795. The van der Waals surface area contributed by atoms with Crippen molar-refractivity contribution in [2.24, 2.45) is 0 Å². The molecule has 0 spiro atoms. The van der Waals surface area contributed by atoms with E-state index in [1.54, 1.807) is 0 Å². The van der Waals surface area contributed by atoms with Gasteiger partial charge in [-0.05, 0) is 18.2 Å². The summed E-state index contributed by atoms with van der Waals surface area (Å²) in [7, 11) is -4.10. The first-order chi connectivity index (χ1) is 10.8. The Morgan fingerprint density at radius 3 is 2.65 bits per heavy atom. The number of hydrogen-bond acceptors (Lipinski definition) is 7. The summed E-state index contributed by atoms with van der Waals surface area (Å²) in [5.41, 5.74) is 0.134. The van der Waals surface area contributed by atoms with Crippen LogP contribution < -0.4 is 10.0 Å². The number of carbonyl (C=O) groups is 1. The van der Waals surface area contributed by atoms with E-state index in [1.807, 2.05) is 4.72 Å². The molecule has 2 rings (SSSR count). The molecular weight excluding hydrogens is 324 g/mol. The maximum Gasteiger partial charge on any atom is 0.271 e. The SMILES string of the molecule is CC(=O)NS(=O)(=O)c1cccnc1Nc1cccc([N+](=O)[O-])c1. The minimum atomic E-state index is -4.10. The molecule has 0 radical (unpaired) electrons. The molecule has 23 heavy (non-hydrogen) atoms. The lowest BCUT2D eigenvalue weighted by atomic mass is 10.3. The van der Waals surface area contributed by atoms with E-state index < -0.39 is 20.9 Å². The largest absolute Gasteiger partial charge is 0.339 e. The fourth-order valence-corrected chi connectivity index (χ4v) is 2.88. The Morgan fingerprint density at radius 1 is 1.26 bits per heavy atom. The van der Waals surface area contributed by atoms with E-state index in [2.05, 4.69) is 10.3 Å². The molecule has 9 nitrogen and oxygen atoms in total. The zero-order chi connectivity index (χ0) is 17.0. The monoisotopic (exact) mass is 336 g/mol. The van der Waals surface area contributed by atoms with Crippen molar-refractivity contribution in [1.29, 1.82) is 0 Å². The molecule has 0 bridgehead atoms. The first kappa shape index (κ1) is 16.4. The van der Waals surface area contributed by atoms with E-state index in [4.69, 9.17) is 0 Å². The summed E-state index contributed by atoms with van der Waals surface area (Å²) in [4.78, 5) is 24.9. The lowest BCUT2D eigenvalue weighted by Gasteiger charge is -2.11. The van der Waals surface area contributed by atoms with Crippen molar-refractivity contribution in [3.8, 4) is 0 Å². The molecule has 0 fully saturated rings. The fourth-order valence-electron chi connectivity index (χ4n) is 1.78. The van der Waals surface area contributed by atoms with Crippen LogP contribution in [0, 0.1) is 10.1 Å². The number of rotatable bonds is 5. The highest BCUT2D eigenvalue weighted by Crippen LogP contribution is 2.24. The van der Waals surface area contributed by atoms with Crippen LogP contribution in [0.15, 0.2) is 47.5 Å². The van der Waals surface area contributed by atoms with Crippen molar-refractivity contribution in [2.75, 3.05) is 5.32 Å². The Balaban J connectivity index is 2.40. The summed E-state index contributed by atoms with van der Waals surface area (Å²) >= 11 is 0. The van der Waals surface area contributed by atoms with Crippen molar-refractivity contribution < 1.29 is 18.1 Å². The van der Waals surface area contributed by atoms with Gasteiger partial charge in [0.15, 0.2) is 5.82 Å². The molecule has 1 amide bonds. The standard InChI is InChI=1S/C13H12N4O5S/c1-9(18)16-23(21,22)12-6-3-7-14-13(12)15-10-4-2-5-11(8-10)17(19)20/h2-8H,1H3,(H,14,15)(H,16,18). The van der Waals surface area contributed by atoms with Gasteiger partial charge in [0.05, 0.1) is 4.92 Å². The maximum absolute atomic E-state index is 12.1. The lowest BCUT2D eigenvalue weighted by Crippen LogP contribution is -2.28. The van der Waals surface area contributed by atoms with Crippen molar-refractivity contribution in [1.82, 2.24) is 9.71 Å². The third-order valence-corrected chi connectivity index (χ3v) is 4.12. The van der Waals surface area contributed by atoms with Crippen LogP contribution in [0.4, 0.5) is 17.2 Å². The van der Waals surface area contributed by atoms with E-state index in [9.17, 15) is 23.3 Å². The van der Waals surface area contributed by atoms with E-state index in [1.165, 1.54) is 42.6 Å². The molecule has 0 aliphatic carbocycles. The summed E-state index contributed by atoms with van der Waals surface area (Å²) in [6, 6.07) is 8.18. The Hall–Kier alpha value is -3.01. The van der Waals surface area contributed by atoms with Gasteiger partial charge < -0.3 is 5.32 Å². The molecule has 0 aliphatic heterocycles. The summed E-state index contributed by atoms with van der Waals surface area (Å²) in [5, 5.41) is 13.5. The number of nitrogens with one attached hydrogen (secondary N) is 2. The topological polar surface area (TPSA) is 131 Å². The third kappa shape index (κ3) is 4.01. The van der Waals surface area contributed by atoms with E-state index in [0.717, 1.165) is 6.92 Å². The number of hydrogen-bond donors (Lipinski definition) is 2. The highest BCUT2D eigenvalue weighted by molar-refractivity contribution is 7.90. The average molecular weight is 336 g/mol. The second-order valence-electron chi connectivity index (χ2n) is 4.44. The van der Waals surface area contributed by atoms with Gasteiger partial charge in [0.1, 0.15) is 4.90 Å². The molecule has 0 aliphatic rings. The van der Waals surface area contributed by atoms with Crippen LogP contribution >= 0.6 is 0 Å². The second kappa shape index (κ2) is 6.40. The highest BCUT2D eigenvalue weighted by Gasteiger charge is 2.21. The molecule has 1 aromatic heterocycles. The number of nitro benzene ring substituents is 1. The molecule has 10 heteroatoms. The number of sulfonamides is 1. The first-order valence-corrected chi connectivity index (χ1v) is 7.78. The maximum atomic E-state index is 12.1. The van der Waals surface area contributed by atoms with E-state index >= 15 is 0 Å². The number of nitro groups is 1. The predicted octanol–water partition coefficient (Wildman–Crippen LogP) is 1.56. The van der Waals surface area contributed by atoms with Crippen LogP contribution in [-0.2, 0) is 14.8 Å². The van der Waals surface area contributed by atoms with Gasteiger partial charge >= 0.3 is 0 Å². The molecule has 1 heterocycles. The van der Waals surface area contributed by atoms with E-state index in [-0.39, 0.29) is 22.1 Å². The van der Waals surface area contributed by atoms with Gasteiger partial charge in [-0.15, -0.1) is 0 Å². The number of nitrogens with zero attached hydrogens (tertiary/aromatic N) is 2. The van der Waals surface area contributed by atoms with Crippen molar-refractivity contribution >= 4 is 33.1 Å². The Labute approximate surface area is 131 Å². The highest BCUT2D eigenvalue weighted by atomic mass is 32.2. The minimum absolute atomic E-state index is 0.0539. The lowest BCUT2D eigenvalue weighted by molar-refractivity contribution is -0.384. The number of non-ortho nitro benzene ring substituents is 1. The van der Waals surface area contributed by atoms with Crippen molar-refractivity contribution in [3.05, 3.63) is 52.7 Å². The molecule has 0 saturated heterocycles. The van der Waals surface area contributed by atoms with Crippen molar-refractivity contribution in [3.63, 3.8) is 0 Å². The number of benzene rings is 1. The van der Waals surface area contributed by atoms with Gasteiger partial charge in [-0.1, -0.05) is 6.07 Å². The summed E-state index contributed by atoms with van der Waals surface area (Å²) in [6.45, 7) is 1.07. The number of amides is 1. The number of aromatic nitrogens is 1. The van der Waals surface area contributed by atoms with Crippen LogP contribution in [0.3, 0.4) is 0 Å². The summed E-state index contributed by atoms with van der Waals surface area (Å²) in [6.07, 6.45) is 1.35. The quantitative estimate of drug-likeness (QED) is 0.625. The fraction of sp³-hybridized carbons (Fsp3) is 0.0769. The van der Waals surface area contributed by atoms with Gasteiger partial charge in [-0.25, -0.2) is 18.1 Å². The number of anilines is 2. The van der Waals surface area contributed by atoms with Crippen LogP contribution in [0.1, 0.15) is 6.92 Å². The van der Waals surface area contributed by atoms with Crippen LogP contribution in [0.5, 0.6) is 0 Å². The Morgan fingerprint density at radius 2 is 2.00 bits per heavy atom. The molecule has 0 unspecified atom stereocenters. The Kier molecular flexibility index (Phi) is 4.55. The van der Waals surface area contributed by atoms with Gasteiger partial charge in [0, 0.05) is 30.9 Å². The zero-order valence-electron chi connectivity index (χ0n) is 11.9. The van der Waals surface area contributed by atoms with E-state index in [0.29, 0.717) is 0 Å². The molecule has 0 atom stereocenters. The molecular formula is C13H12N4O5S. The molecule has 0 saturated carbocycles. The van der Waals surface area contributed by atoms with Crippen LogP contribution in [-0.4, -0.2) is 24.2 Å². The third-order valence-electron chi connectivity index (χ3n) is 2.66. The molecule has 1 aromatic carbocycles. The number of pyridine rings is 1. The zero-order valence-corrected chi connectivity index (χ0v) is 12.7. The number of carbonyl (C=O) groups excluding carboxylic acids is 1. The van der Waals surface area contributed by atoms with Crippen molar-refractivity contribution in [2.45, 2.75) is 11.8 Å². The normalized spacial score (nSPS) is 10.8. The second-order valence-corrected chi connectivity index (χ2v) is 6.10. The van der Waals surface area contributed by atoms with Crippen LogP contribution in [0.25, 0.3) is 0 Å².